The number of hydrogen-bond acceptors (Lipinski definition) is 6. The van der Waals surface area contributed by atoms with Gasteiger partial charge in [-0.15, -0.1) is 0 Å². The standard InChI is InChI=1S/C19H14ClFN6O2/c20-14-7-13(5-6-15(14)21)25-17-16-18(23-9-22-17)27(10-24-16)8-11-1-3-12(4-2-11)19(28)26-29/h1-7,9-10,29H,8H2,(H,26,28)(H,22,23,25). The summed E-state index contributed by atoms with van der Waals surface area (Å²) in [5.41, 5.74) is 4.58. The Morgan fingerprint density at radius 2 is 1.93 bits per heavy atom. The van der Waals surface area contributed by atoms with Crippen LogP contribution in [0.25, 0.3) is 11.2 Å². The lowest BCUT2D eigenvalue weighted by atomic mass is 10.1. The Kier molecular flexibility index (Phi) is 5.07. The van der Waals surface area contributed by atoms with Gasteiger partial charge in [0, 0.05) is 11.3 Å². The number of halogens is 2. The van der Waals surface area contributed by atoms with Crippen molar-refractivity contribution in [1.29, 1.82) is 0 Å². The van der Waals surface area contributed by atoms with Gasteiger partial charge in [0.05, 0.1) is 17.9 Å². The first kappa shape index (κ1) is 18.8. The minimum absolute atomic E-state index is 0.00385. The van der Waals surface area contributed by atoms with Crippen molar-refractivity contribution in [3.63, 3.8) is 0 Å². The fraction of sp³-hybridized carbons (Fsp3) is 0.0526. The Hall–Kier alpha value is -3.56. The molecule has 0 saturated carbocycles. The van der Waals surface area contributed by atoms with Crippen LogP contribution in [0.1, 0.15) is 15.9 Å². The van der Waals surface area contributed by atoms with Gasteiger partial charge < -0.3 is 9.88 Å². The highest BCUT2D eigenvalue weighted by molar-refractivity contribution is 6.31. The first-order valence-corrected chi connectivity index (χ1v) is 8.84. The van der Waals surface area contributed by atoms with E-state index in [4.69, 9.17) is 16.8 Å². The van der Waals surface area contributed by atoms with Crippen molar-refractivity contribution in [2.75, 3.05) is 5.32 Å². The average Bonchev–Trinajstić information content (AvgIpc) is 3.14. The predicted molar refractivity (Wildman–Crippen MR) is 105 cm³/mol. The molecule has 0 radical (unpaired) electrons. The zero-order valence-corrected chi connectivity index (χ0v) is 15.6. The average molecular weight is 413 g/mol. The van der Waals surface area contributed by atoms with Crippen LogP contribution in [0.2, 0.25) is 5.02 Å². The van der Waals surface area contributed by atoms with Crippen molar-refractivity contribution in [1.82, 2.24) is 25.0 Å². The summed E-state index contributed by atoms with van der Waals surface area (Å²) in [6.07, 6.45) is 3.04. The van der Waals surface area contributed by atoms with E-state index in [1.165, 1.54) is 18.5 Å². The van der Waals surface area contributed by atoms with Crippen LogP contribution >= 0.6 is 11.6 Å². The number of aromatic nitrogens is 4. The van der Waals surface area contributed by atoms with E-state index in [9.17, 15) is 9.18 Å². The topological polar surface area (TPSA) is 105 Å². The van der Waals surface area contributed by atoms with E-state index < -0.39 is 11.7 Å². The number of anilines is 2. The molecular weight excluding hydrogens is 399 g/mol. The highest BCUT2D eigenvalue weighted by Gasteiger charge is 2.12. The molecule has 0 aliphatic rings. The minimum Gasteiger partial charge on any atom is -0.338 e. The summed E-state index contributed by atoms with van der Waals surface area (Å²) in [5, 5.41) is 11.8. The van der Waals surface area contributed by atoms with E-state index >= 15 is 0 Å². The molecule has 0 saturated heterocycles. The van der Waals surface area contributed by atoms with Gasteiger partial charge in [-0.05, 0) is 35.9 Å². The van der Waals surface area contributed by atoms with Crippen LogP contribution in [-0.4, -0.2) is 30.6 Å². The van der Waals surface area contributed by atoms with Crippen LogP contribution < -0.4 is 10.8 Å². The van der Waals surface area contributed by atoms with Crippen molar-refractivity contribution in [2.24, 2.45) is 0 Å². The smallest absolute Gasteiger partial charge is 0.274 e. The Morgan fingerprint density at radius 1 is 1.14 bits per heavy atom. The fourth-order valence-corrected chi connectivity index (χ4v) is 3.00. The lowest BCUT2D eigenvalue weighted by Gasteiger charge is -2.08. The molecule has 0 aliphatic carbocycles. The molecular formula is C19H14ClFN6O2. The number of hydroxylamine groups is 1. The lowest BCUT2D eigenvalue weighted by Crippen LogP contribution is -2.18. The molecule has 4 rings (SSSR count). The van der Waals surface area contributed by atoms with Gasteiger partial charge in [-0.1, -0.05) is 23.7 Å². The molecule has 0 bridgehead atoms. The van der Waals surface area contributed by atoms with Crippen LogP contribution in [0.3, 0.4) is 0 Å². The number of nitrogens with one attached hydrogen (secondary N) is 2. The lowest BCUT2D eigenvalue weighted by molar-refractivity contribution is 0.0706. The maximum absolute atomic E-state index is 13.4. The molecule has 1 amide bonds. The number of carbonyl (C=O) groups is 1. The number of nitrogens with zero attached hydrogens (tertiary/aromatic N) is 4. The van der Waals surface area contributed by atoms with E-state index in [0.29, 0.717) is 34.8 Å². The molecule has 3 N–H and O–H groups in total. The van der Waals surface area contributed by atoms with Gasteiger partial charge >= 0.3 is 0 Å². The predicted octanol–water partition coefficient (Wildman–Crippen LogP) is 3.53. The van der Waals surface area contributed by atoms with Gasteiger partial charge in [0.2, 0.25) is 0 Å². The number of amides is 1. The SMILES string of the molecule is O=C(NO)c1ccc(Cn2cnc3c(Nc4ccc(F)c(Cl)c4)ncnc32)cc1. The minimum atomic E-state index is -0.575. The Bertz CT molecular complexity index is 1200. The van der Waals surface area contributed by atoms with Crippen molar-refractivity contribution in [3.8, 4) is 0 Å². The highest BCUT2D eigenvalue weighted by Crippen LogP contribution is 2.25. The molecule has 2 aromatic heterocycles. The summed E-state index contributed by atoms with van der Waals surface area (Å²) in [4.78, 5) is 24.3. The van der Waals surface area contributed by atoms with Crippen LogP contribution in [0, 0.1) is 5.82 Å². The number of rotatable bonds is 5. The molecule has 4 aromatic rings. The van der Waals surface area contributed by atoms with Crippen molar-refractivity contribution >= 4 is 40.2 Å². The summed E-state index contributed by atoms with van der Waals surface area (Å²) in [6, 6.07) is 11.1. The van der Waals surface area contributed by atoms with Gasteiger partial charge in [-0.3, -0.25) is 10.0 Å². The van der Waals surface area contributed by atoms with E-state index in [2.05, 4.69) is 20.3 Å². The molecule has 2 aromatic carbocycles. The maximum Gasteiger partial charge on any atom is 0.274 e. The van der Waals surface area contributed by atoms with Crippen molar-refractivity contribution < 1.29 is 14.4 Å². The first-order valence-electron chi connectivity index (χ1n) is 8.46. The molecule has 0 aliphatic heterocycles. The number of fused-ring (bicyclic) bond motifs is 1. The summed E-state index contributed by atoms with van der Waals surface area (Å²) in [6.45, 7) is 0.469. The highest BCUT2D eigenvalue weighted by atomic mass is 35.5. The third-order valence-corrected chi connectivity index (χ3v) is 4.54. The van der Waals surface area contributed by atoms with Crippen molar-refractivity contribution in [2.45, 2.75) is 6.54 Å². The second-order valence-corrected chi connectivity index (χ2v) is 6.57. The Morgan fingerprint density at radius 3 is 2.66 bits per heavy atom. The van der Waals surface area contributed by atoms with Crippen LogP contribution in [0.4, 0.5) is 15.9 Å². The molecule has 10 heteroatoms. The zero-order chi connectivity index (χ0) is 20.4. The van der Waals surface area contributed by atoms with Crippen molar-refractivity contribution in [3.05, 3.63) is 77.1 Å². The Labute approximate surface area is 169 Å². The van der Waals surface area contributed by atoms with Gasteiger partial charge in [0.25, 0.3) is 5.91 Å². The van der Waals surface area contributed by atoms with Crippen LogP contribution in [0.5, 0.6) is 0 Å². The van der Waals surface area contributed by atoms with E-state index in [-0.39, 0.29) is 5.02 Å². The van der Waals surface area contributed by atoms with Crippen LogP contribution in [0.15, 0.2) is 55.1 Å². The van der Waals surface area contributed by atoms with Crippen LogP contribution in [-0.2, 0) is 6.54 Å². The third kappa shape index (κ3) is 3.86. The third-order valence-electron chi connectivity index (χ3n) is 4.25. The van der Waals surface area contributed by atoms with Gasteiger partial charge in [-0.25, -0.2) is 24.8 Å². The summed E-state index contributed by atoms with van der Waals surface area (Å²) >= 11 is 5.83. The second-order valence-electron chi connectivity index (χ2n) is 6.16. The van der Waals surface area contributed by atoms with Gasteiger partial charge in [-0.2, -0.15) is 0 Å². The van der Waals surface area contributed by atoms with E-state index in [0.717, 1.165) is 5.56 Å². The maximum atomic E-state index is 13.4. The molecule has 8 nitrogen and oxygen atoms in total. The molecule has 0 atom stereocenters. The van der Waals surface area contributed by atoms with Gasteiger partial charge in [0.1, 0.15) is 12.1 Å². The number of carbonyl (C=O) groups excluding carboxylic acids is 1. The molecule has 0 spiro atoms. The monoisotopic (exact) mass is 412 g/mol. The first-order chi connectivity index (χ1) is 14.0. The zero-order valence-electron chi connectivity index (χ0n) is 14.8. The molecule has 29 heavy (non-hydrogen) atoms. The molecule has 2 heterocycles. The molecule has 146 valence electrons. The van der Waals surface area contributed by atoms with Gasteiger partial charge in [0.15, 0.2) is 17.0 Å². The molecule has 0 fully saturated rings. The second kappa shape index (κ2) is 7.82. The quantitative estimate of drug-likeness (QED) is 0.342. The number of benzene rings is 2. The fourth-order valence-electron chi connectivity index (χ4n) is 2.82. The summed E-state index contributed by atoms with van der Waals surface area (Å²) in [5.74, 6) is -0.614. The van der Waals surface area contributed by atoms with E-state index in [1.54, 1.807) is 42.1 Å². The summed E-state index contributed by atoms with van der Waals surface area (Å²) < 4.78 is 15.2. The largest absolute Gasteiger partial charge is 0.338 e. The summed E-state index contributed by atoms with van der Waals surface area (Å²) in [7, 11) is 0. The van der Waals surface area contributed by atoms with E-state index in [1.807, 2.05) is 4.57 Å². The number of imidazole rings is 1. The Balaban J connectivity index is 1.60. The number of hydrogen-bond donors (Lipinski definition) is 3. The molecule has 0 unspecified atom stereocenters. The normalized spacial score (nSPS) is 10.9.